The number of benzene rings is 7. The minimum Gasteiger partial charge on any atom is -0.309 e. The Balaban J connectivity index is 1.18. The lowest BCUT2D eigenvalue weighted by atomic mass is 9.94. The number of fused-ring (bicyclic) bond motifs is 10. The molecule has 0 radical (unpaired) electrons. The van der Waals surface area contributed by atoms with E-state index in [1.54, 1.807) is 0 Å². The van der Waals surface area contributed by atoms with Gasteiger partial charge in [0.2, 0.25) is 0 Å². The lowest BCUT2D eigenvalue weighted by Crippen LogP contribution is -2.03. The Morgan fingerprint density at radius 3 is 1.47 bits per heavy atom. The highest BCUT2D eigenvalue weighted by molar-refractivity contribution is 6.29. The van der Waals surface area contributed by atoms with Gasteiger partial charge in [-0.1, -0.05) is 109 Å². The van der Waals surface area contributed by atoms with Gasteiger partial charge >= 0.3 is 0 Å². The number of rotatable bonds is 4. The number of aromatic nitrogens is 3. The van der Waals surface area contributed by atoms with Crippen molar-refractivity contribution in [3.05, 3.63) is 182 Å². The molecule has 0 spiro atoms. The average molecular weight is 652 g/mol. The predicted molar refractivity (Wildman–Crippen MR) is 216 cm³/mol. The molecule has 0 unspecified atom stereocenters. The number of nitrogens with zero attached hydrogens (tertiary/aromatic N) is 3. The van der Waals surface area contributed by atoms with Crippen molar-refractivity contribution in [1.82, 2.24) is 13.7 Å². The summed E-state index contributed by atoms with van der Waals surface area (Å²) in [5.41, 5.74) is 13.6. The van der Waals surface area contributed by atoms with Crippen LogP contribution in [0.15, 0.2) is 176 Å². The summed E-state index contributed by atoms with van der Waals surface area (Å²) in [6, 6.07) is 60.0. The predicted octanol–water partition coefficient (Wildman–Crippen LogP) is 12.7. The topological polar surface area (TPSA) is 14.8 Å². The van der Waals surface area contributed by atoms with Gasteiger partial charge < -0.3 is 13.7 Å². The summed E-state index contributed by atoms with van der Waals surface area (Å²) in [4.78, 5) is 0. The number of allylic oxidation sites excluding steroid dienone is 4. The Morgan fingerprint density at radius 2 is 0.863 bits per heavy atom. The van der Waals surface area contributed by atoms with E-state index in [0.29, 0.717) is 0 Å². The van der Waals surface area contributed by atoms with Crippen LogP contribution in [0.5, 0.6) is 0 Å². The zero-order valence-electron chi connectivity index (χ0n) is 28.0. The van der Waals surface area contributed by atoms with Gasteiger partial charge in [-0.25, -0.2) is 0 Å². The SMILES string of the molecule is C1=CC(n2c3ccccc3c3ccccc32)=C(c2cccc(-n3c4ccccc4c4c5c6ccccc6n(-c6ccccc6)c5ccc43)c2)CC1. The Hall–Kier alpha value is -6.58. The number of hydrogen-bond donors (Lipinski definition) is 0. The smallest absolute Gasteiger partial charge is 0.0548 e. The zero-order chi connectivity index (χ0) is 33.5. The summed E-state index contributed by atoms with van der Waals surface area (Å²) in [7, 11) is 0. The van der Waals surface area contributed by atoms with E-state index in [9.17, 15) is 0 Å². The molecule has 1 aliphatic rings. The maximum atomic E-state index is 2.47. The fourth-order valence-electron chi connectivity index (χ4n) is 8.82. The highest BCUT2D eigenvalue weighted by Crippen LogP contribution is 2.43. The third kappa shape index (κ3) is 4.06. The zero-order valence-corrected chi connectivity index (χ0v) is 28.0. The van der Waals surface area contributed by atoms with Crippen molar-refractivity contribution >= 4 is 76.7 Å². The maximum absolute atomic E-state index is 2.47. The fourth-order valence-corrected chi connectivity index (χ4v) is 8.82. The molecule has 0 N–H and O–H groups in total. The number of para-hydroxylation sites is 5. The molecule has 0 atom stereocenters. The van der Waals surface area contributed by atoms with Crippen LogP contribution in [0.2, 0.25) is 0 Å². The summed E-state index contributed by atoms with van der Waals surface area (Å²) >= 11 is 0. The van der Waals surface area contributed by atoms with Crippen LogP contribution in [0, 0.1) is 0 Å². The summed E-state index contributed by atoms with van der Waals surface area (Å²) in [5, 5.41) is 7.71. The van der Waals surface area contributed by atoms with Crippen LogP contribution < -0.4 is 0 Å². The minimum absolute atomic E-state index is 0.989. The van der Waals surface area contributed by atoms with E-state index in [4.69, 9.17) is 0 Å². The first-order valence-corrected chi connectivity index (χ1v) is 17.8. The molecule has 11 rings (SSSR count). The molecule has 240 valence electrons. The van der Waals surface area contributed by atoms with Crippen molar-refractivity contribution < 1.29 is 0 Å². The van der Waals surface area contributed by atoms with Gasteiger partial charge in [0.15, 0.2) is 0 Å². The van der Waals surface area contributed by atoms with E-state index in [-0.39, 0.29) is 0 Å². The van der Waals surface area contributed by atoms with E-state index in [1.165, 1.54) is 93.6 Å². The van der Waals surface area contributed by atoms with Crippen molar-refractivity contribution in [2.24, 2.45) is 0 Å². The molecule has 3 aromatic heterocycles. The molecule has 10 aromatic rings. The van der Waals surface area contributed by atoms with Crippen molar-refractivity contribution in [1.29, 1.82) is 0 Å². The first kappa shape index (κ1) is 28.3. The summed E-state index contributed by atoms with van der Waals surface area (Å²) in [6.45, 7) is 0. The molecule has 0 amide bonds. The quantitative estimate of drug-likeness (QED) is 0.180. The van der Waals surface area contributed by atoms with E-state index in [0.717, 1.165) is 12.8 Å². The molecular weight excluding hydrogens is 619 g/mol. The lowest BCUT2D eigenvalue weighted by molar-refractivity contribution is 1.04. The Kier molecular flexibility index (Phi) is 6.08. The molecule has 1 aliphatic carbocycles. The van der Waals surface area contributed by atoms with Gasteiger partial charge in [0.1, 0.15) is 0 Å². The van der Waals surface area contributed by atoms with Gasteiger partial charge in [0, 0.05) is 49.4 Å². The summed E-state index contributed by atoms with van der Waals surface area (Å²) in [5.74, 6) is 0. The molecule has 0 saturated heterocycles. The van der Waals surface area contributed by atoms with Crippen LogP contribution in [0.3, 0.4) is 0 Å². The van der Waals surface area contributed by atoms with Crippen LogP contribution >= 0.6 is 0 Å². The fraction of sp³-hybridized carbons (Fsp3) is 0.0417. The molecule has 3 heteroatoms. The molecule has 7 aromatic carbocycles. The Morgan fingerprint density at radius 1 is 0.373 bits per heavy atom. The van der Waals surface area contributed by atoms with Gasteiger partial charge in [-0.05, 0) is 90.7 Å². The second-order valence-electron chi connectivity index (χ2n) is 13.6. The van der Waals surface area contributed by atoms with Gasteiger partial charge in [0.25, 0.3) is 0 Å². The molecule has 0 bridgehead atoms. The molecule has 3 nitrogen and oxygen atoms in total. The first-order chi connectivity index (χ1) is 25.3. The maximum Gasteiger partial charge on any atom is 0.0548 e. The van der Waals surface area contributed by atoms with Crippen LogP contribution in [-0.2, 0) is 0 Å². The van der Waals surface area contributed by atoms with Crippen molar-refractivity contribution in [2.75, 3.05) is 0 Å². The van der Waals surface area contributed by atoms with E-state index < -0.39 is 0 Å². The van der Waals surface area contributed by atoms with E-state index in [2.05, 4.69) is 190 Å². The van der Waals surface area contributed by atoms with Crippen LogP contribution in [0.25, 0.3) is 88.1 Å². The van der Waals surface area contributed by atoms with Crippen molar-refractivity contribution in [3.8, 4) is 11.4 Å². The average Bonchev–Trinajstić information content (AvgIpc) is 3.84. The second kappa shape index (κ2) is 11.0. The standard InChI is InChI=1S/C48H33N3/c1-2-16-33(17-3-1)49-43-27-12-7-22-38(43)47-45(49)29-30-46-48(47)39-23-8-13-28-44(39)50(46)34-18-14-15-32(31-34)35-19-4-9-24-40(35)51-41-25-10-5-20-36(41)37-21-6-11-26-42(37)51/h1-3,5-18,20-31H,4,19H2. The Labute approximate surface area is 295 Å². The third-order valence-corrected chi connectivity index (χ3v) is 10.9. The lowest BCUT2D eigenvalue weighted by Gasteiger charge is -2.20. The molecule has 0 aliphatic heterocycles. The van der Waals surface area contributed by atoms with E-state index >= 15 is 0 Å². The monoisotopic (exact) mass is 651 g/mol. The first-order valence-electron chi connectivity index (χ1n) is 17.8. The van der Waals surface area contributed by atoms with Crippen molar-refractivity contribution in [3.63, 3.8) is 0 Å². The van der Waals surface area contributed by atoms with Crippen molar-refractivity contribution in [2.45, 2.75) is 12.8 Å². The van der Waals surface area contributed by atoms with Gasteiger partial charge in [0.05, 0.1) is 33.1 Å². The summed E-state index contributed by atoms with van der Waals surface area (Å²) < 4.78 is 7.36. The van der Waals surface area contributed by atoms with Crippen LogP contribution in [0.4, 0.5) is 0 Å². The molecule has 0 saturated carbocycles. The second-order valence-corrected chi connectivity index (χ2v) is 13.6. The Bertz CT molecular complexity index is 3020. The van der Waals surface area contributed by atoms with Gasteiger partial charge in [-0.15, -0.1) is 0 Å². The third-order valence-electron chi connectivity index (χ3n) is 10.9. The molecule has 0 fully saturated rings. The molecular formula is C48H33N3. The highest BCUT2D eigenvalue weighted by Gasteiger charge is 2.22. The highest BCUT2D eigenvalue weighted by atomic mass is 15.0. The summed E-state index contributed by atoms with van der Waals surface area (Å²) in [6.07, 6.45) is 6.68. The molecule has 3 heterocycles. The molecule has 51 heavy (non-hydrogen) atoms. The van der Waals surface area contributed by atoms with Crippen LogP contribution in [-0.4, -0.2) is 13.7 Å². The minimum atomic E-state index is 0.989. The van der Waals surface area contributed by atoms with Crippen LogP contribution in [0.1, 0.15) is 18.4 Å². The van der Waals surface area contributed by atoms with E-state index in [1.807, 2.05) is 0 Å². The van der Waals surface area contributed by atoms with Gasteiger partial charge in [-0.3, -0.25) is 0 Å². The number of hydrogen-bond acceptors (Lipinski definition) is 0. The largest absolute Gasteiger partial charge is 0.309 e. The van der Waals surface area contributed by atoms with Gasteiger partial charge in [-0.2, -0.15) is 0 Å². The normalized spacial score (nSPS) is 13.6.